The number of rotatable bonds is 15. The molecule has 4 heterocycles. The van der Waals surface area contributed by atoms with Crippen molar-refractivity contribution < 1.29 is 26.4 Å². The van der Waals surface area contributed by atoms with Gasteiger partial charge in [0.15, 0.2) is 22.6 Å². The van der Waals surface area contributed by atoms with Gasteiger partial charge < -0.3 is 0 Å². The summed E-state index contributed by atoms with van der Waals surface area (Å²) in [5.74, 6) is -1.29. The molecule has 4 aromatic rings. The monoisotopic (exact) mass is 742 g/mol. The molecule has 0 unspecified atom stereocenters. The molecule has 2 aliphatic carbocycles. The third-order valence-corrected chi connectivity index (χ3v) is 11.8. The van der Waals surface area contributed by atoms with Crippen molar-refractivity contribution in [2.75, 3.05) is 24.0 Å². The van der Waals surface area contributed by atoms with Gasteiger partial charge in [-0.15, -0.1) is 10.2 Å². The van der Waals surface area contributed by atoms with Gasteiger partial charge in [-0.1, -0.05) is 10.4 Å². The van der Waals surface area contributed by atoms with Crippen LogP contribution in [-0.2, 0) is 30.8 Å². The van der Waals surface area contributed by atoms with Crippen molar-refractivity contribution >= 4 is 53.9 Å². The van der Waals surface area contributed by atoms with Gasteiger partial charge in [0.1, 0.15) is 19.7 Å². The van der Waals surface area contributed by atoms with Gasteiger partial charge in [-0.05, 0) is 55.0 Å². The van der Waals surface area contributed by atoms with Crippen LogP contribution >= 0.6 is 22.7 Å². The number of carbonyl (C=O) groups excluding carboxylic acids is 2. The maximum Gasteiger partial charge on any atom is 0.164 e. The molecule has 0 saturated heterocycles. The fourth-order valence-electron chi connectivity index (χ4n) is 5.22. The number of aromatic nitrogens is 6. The third kappa shape index (κ3) is 9.33. The van der Waals surface area contributed by atoms with Crippen LogP contribution in [0.1, 0.15) is 88.9 Å². The van der Waals surface area contributed by atoms with Crippen LogP contribution in [0.2, 0.25) is 0 Å². The molecule has 4 aromatic heterocycles. The van der Waals surface area contributed by atoms with E-state index in [0.717, 1.165) is 19.1 Å². The molecular weight excluding hydrogens is 709 g/mol. The maximum atomic E-state index is 12.4. The lowest BCUT2D eigenvalue weighted by atomic mass is 9.94. The van der Waals surface area contributed by atoms with Gasteiger partial charge in [-0.2, -0.15) is 33.2 Å². The van der Waals surface area contributed by atoms with E-state index in [0.29, 0.717) is 41.8 Å². The lowest BCUT2D eigenvalue weighted by molar-refractivity contribution is 0.0966. The van der Waals surface area contributed by atoms with E-state index in [2.05, 4.69) is 32.8 Å². The summed E-state index contributed by atoms with van der Waals surface area (Å²) in [6, 6.07) is 7.92. The molecule has 0 spiro atoms. The first kappa shape index (κ1) is 36.2. The summed E-state index contributed by atoms with van der Waals surface area (Å²) in [4.78, 5) is 24.8. The Morgan fingerprint density at radius 3 is 1.61 bits per heavy atom. The first-order valence-corrected chi connectivity index (χ1v) is 21.3. The number of sulfone groups is 2. The molecule has 0 N–H and O–H groups in total. The molecule has 0 aromatic carbocycles. The summed E-state index contributed by atoms with van der Waals surface area (Å²) in [5.41, 5.74) is 0.917. The van der Waals surface area contributed by atoms with Crippen molar-refractivity contribution in [2.24, 2.45) is 0 Å². The Morgan fingerprint density at radius 2 is 1.24 bits per heavy atom. The Labute approximate surface area is 292 Å². The molecular formula is C31H34N8O6S4. The minimum atomic E-state index is -3.29. The van der Waals surface area contributed by atoms with Gasteiger partial charge in [0.25, 0.3) is 0 Å². The van der Waals surface area contributed by atoms with Crippen LogP contribution in [0.25, 0.3) is 0 Å². The number of thiophene rings is 2. The molecule has 2 saturated carbocycles. The molecule has 18 heteroatoms. The Morgan fingerprint density at radius 1 is 0.796 bits per heavy atom. The SMILES string of the molecule is CS(=O)(=O)CC[C@H](CC(=O)c1ccsc1)c1cn(C2(C#N)CC2)nn1.CS(=O)(=O)C[C@H](CC(=O)c1ccsc1)c1cn(C2(C#N)CC2)nn1. The summed E-state index contributed by atoms with van der Waals surface area (Å²) < 4.78 is 49.6. The van der Waals surface area contributed by atoms with Gasteiger partial charge >= 0.3 is 0 Å². The van der Waals surface area contributed by atoms with Crippen molar-refractivity contribution in [1.82, 2.24) is 30.0 Å². The van der Waals surface area contributed by atoms with Crippen LogP contribution in [0.5, 0.6) is 0 Å². The van der Waals surface area contributed by atoms with E-state index in [1.54, 1.807) is 45.3 Å². The van der Waals surface area contributed by atoms with E-state index in [1.165, 1.54) is 33.6 Å². The third-order valence-electron chi connectivity index (χ3n) is 8.49. The summed E-state index contributed by atoms with van der Waals surface area (Å²) in [6.45, 7) is 0. The summed E-state index contributed by atoms with van der Waals surface area (Å²) in [6.07, 6.45) is 8.99. The average molecular weight is 743 g/mol. The van der Waals surface area contributed by atoms with Gasteiger partial charge in [0.2, 0.25) is 0 Å². The number of carbonyl (C=O) groups is 2. The maximum absolute atomic E-state index is 12.4. The number of Topliss-reactive ketones (excluding diaryl/α,β-unsaturated/α-hetero) is 2. The highest BCUT2D eigenvalue weighted by atomic mass is 32.2. The second kappa shape index (κ2) is 14.4. The highest BCUT2D eigenvalue weighted by molar-refractivity contribution is 7.90. The molecule has 2 atom stereocenters. The first-order valence-electron chi connectivity index (χ1n) is 15.3. The molecule has 258 valence electrons. The normalized spacial score (nSPS) is 17.1. The molecule has 0 amide bonds. The molecule has 0 aliphatic heterocycles. The summed E-state index contributed by atoms with van der Waals surface area (Å²) in [5, 5.41) is 41.8. The van der Waals surface area contributed by atoms with E-state index in [4.69, 9.17) is 0 Å². The zero-order chi connectivity index (χ0) is 35.5. The predicted octanol–water partition coefficient (Wildman–Crippen LogP) is 3.90. The zero-order valence-electron chi connectivity index (χ0n) is 26.8. The van der Waals surface area contributed by atoms with Crippen molar-refractivity contribution in [1.29, 1.82) is 10.5 Å². The highest BCUT2D eigenvalue weighted by Gasteiger charge is 2.47. The molecule has 2 aliphatic rings. The lowest BCUT2D eigenvalue weighted by Crippen LogP contribution is -2.18. The number of nitriles is 2. The van der Waals surface area contributed by atoms with Crippen LogP contribution in [0, 0.1) is 22.7 Å². The molecule has 0 bridgehead atoms. The number of nitrogens with zero attached hydrogens (tertiary/aromatic N) is 8. The van der Waals surface area contributed by atoms with Crippen LogP contribution < -0.4 is 0 Å². The van der Waals surface area contributed by atoms with Crippen LogP contribution in [0.15, 0.2) is 46.0 Å². The van der Waals surface area contributed by atoms with Gasteiger partial charge in [0.05, 0.1) is 47.4 Å². The minimum Gasteiger partial charge on any atom is -0.294 e. The topological polar surface area (TPSA) is 211 Å². The summed E-state index contributed by atoms with van der Waals surface area (Å²) >= 11 is 2.86. The highest BCUT2D eigenvalue weighted by Crippen LogP contribution is 2.43. The van der Waals surface area contributed by atoms with Crippen LogP contribution in [0.3, 0.4) is 0 Å². The fourth-order valence-corrected chi connectivity index (χ4v) is 8.27. The Hall–Kier alpha value is -4.10. The Kier molecular flexibility index (Phi) is 10.6. The van der Waals surface area contributed by atoms with Crippen LogP contribution in [-0.4, -0.2) is 82.4 Å². The fraction of sp³-hybridized carbons (Fsp3) is 0.484. The molecule has 6 rings (SSSR count). The average Bonchev–Trinajstić information content (AvgIpc) is 3.58. The molecule has 14 nitrogen and oxygen atoms in total. The minimum absolute atomic E-state index is 0.0230. The smallest absolute Gasteiger partial charge is 0.164 e. The lowest BCUT2D eigenvalue weighted by Gasteiger charge is -2.12. The Balaban J connectivity index is 0.000000191. The second-order valence-electron chi connectivity index (χ2n) is 12.6. The van der Waals surface area contributed by atoms with E-state index in [1.807, 2.05) is 5.38 Å². The van der Waals surface area contributed by atoms with Crippen molar-refractivity contribution in [3.8, 4) is 12.1 Å². The van der Waals surface area contributed by atoms with Crippen LogP contribution in [0.4, 0.5) is 0 Å². The van der Waals surface area contributed by atoms with Crippen molar-refractivity contribution in [2.45, 2.75) is 67.9 Å². The number of hydrogen-bond donors (Lipinski definition) is 0. The number of ketones is 2. The molecule has 2 fully saturated rings. The first-order chi connectivity index (χ1) is 23.2. The second-order valence-corrected chi connectivity index (χ2v) is 18.7. The Bertz CT molecular complexity index is 2100. The molecule has 0 radical (unpaired) electrons. The van der Waals surface area contributed by atoms with E-state index in [-0.39, 0.29) is 41.8 Å². The predicted molar refractivity (Wildman–Crippen MR) is 182 cm³/mol. The van der Waals surface area contributed by atoms with Crippen molar-refractivity contribution in [3.63, 3.8) is 0 Å². The van der Waals surface area contributed by atoms with E-state index < -0.39 is 36.7 Å². The van der Waals surface area contributed by atoms with E-state index >= 15 is 0 Å². The van der Waals surface area contributed by atoms with Gasteiger partial charge in [-0.25, -0.2) is 26.2 Å². The summed E-state index contributed by atoms with van der Waals surface area (Å²) in [7, 11) is -6.44. The van der Waals surface area contributed by atoms with Gasteiger partial charge in [-0.3, -0.25) is 9.59 Å². The zero-order valence-corrected chi connectivity index (χ0v) is 30.1. The quantitative estimate of drug-likeness (QED) is 0.159. The standard InChI is InChI=1S/C16H18N4O3S2.C15H16N4O3S2/c1-25(22,23)7-3-12(8-15(21)13-2-6-24-10-13)14-9-20(19-18-14)16(11-17)4-5-16;1-24(21,22)9-12(6-14(20)11-2-5-23-8-11)13-7-19(18-17-13)15(10-16)3-4-15/h2,6,9-10,12H,3-5,7-8H2,1H3;2,5,7-8,12H,3-4,6,9H2,1H3/t2*12-/m10/s1. The number of hydrogen-bond acceptors (Lipinski definition) is 14. The molecule has 49 heavy (non-hydrogen) atoms. The van der Waals surface area contributed by atoms with Gasteiger partial charge in [0, 0.05) is 59.1 Å². The van der Waals surface area contributed by atoms with E-state index in [9.17, 15) is 36.9 Å². The van der Waals surface area contributed by atoms with Crippen molar-refractivity contribution in [3.05, 3.63) is 68.6 Å². The largest absolute Gasteiger partial charge is 0.294 e.